The van der Waals surface area contributed by atoms with Gasteiger partial charge in [0.15, 0.2) is 0 Å². The Hall–Kier alpha value is -2.96. The quantitative estimate of drug-likeness (QED) is 0.0324. The number of rotatable bonds is 42. The van der Waals surface area contributed by atoms with Crippen LogP contribution in [0.25, 0.3) is 0 Å². The minimum atomic E-state index is -0.806. The first-order chi connectivity index (χ1) is 29.0. The van der Waals surface area contributed by atoms with E-state index < -0.39 is 18.2 Å². The summed E-state index contributed by atoms with van der Waals surface area (Å²) in [6.07, 6.45) is 59.4. The zero-order valence-corrected chi connectivity index (χ0v) is 38.4. The number of esters is 1. The molecular formula is C53H91NO5. The van der Waals surface area contributed by atoms with E-state index in [-0.39, 0.29) is 31.3 Å². The van der Waals surface area contributed by atoms with Crippen LogP contribution in [0.1, 0.15) is 213 Å². The Balaban J connectivity index is 4.72. The highest BCUT2D eigenvalue weighted by molar-refractivity contribution is 5.77. The predicted molar refractivity (Wildman–Crippen MR) is 254 cm³/mol. The lowest BCUT2D eigenvalue weighted by atomic mass is 10.0. The number of ether oxygens (including phenoxy) is 1. The molecule has 6 heteroatoms. The van der Waals surface area contributed by atoms with Gasteiger partial charge in [-0.25, -0.2) is 0 Å². The van der Waals surface area contributed by atoms with Gasteiger partial charge in [0.25, 0.3) is 0 Å². The van der Waals surface area contributed by atoms with Gasteiger partial charge in [-0.3, -0.25) is 9.59 Å². The maximum absolute atomic E-state index is 13.2. The van der Waals surface area contributed by atoms with Crippen LogP contribution in [0.15, 0.2) is 85.1 Å². The highest BCUT2D eigenvalue weighted by atomic mass is 16.5. The van der Waals surface area contributed by atoms with Crippen LogP contribution in [0.3, 0.4) is 0 Å². The first-order valence-corrected chi connectivity index (χ1v) is 24.3. The fourth-order valence-corrected chi connectivity index (χ4v) is 6.87. The molecule has 0 aromatic heterocycles. The summed E-state index contributed by atoms with van der Waals surface area (Å²) in [6.45, 7) is 6.22. The second kappa shape index (κ2) is 46.1. The van der Waals surface area contributed by atoms with Crippen LogP contribution in [0.4, 0.5) is 0 Å². The van der Waals surface area contributed by atoms with Gasteiger partial charge in [-0.05, 0) is 83.5 Å². The van der Waals surface area contributed by atoms with E-state index in [1.54, 1.807) is 0 Å². The predicted octanol–water partition coefficient (Wildman–Crippen LogP) is 14.4. The Labute approximate surface area is 363 Å². The summed E-state index contributed by atoms with van der Waals surface area (Å²) < 4.78 is 5.87. The van der Waals surface area contributed by atoms with Gasteiger partial charge in [0, 0.05) is 6.42 Å². The van der Waals surface area contributed by atoms with Gasteiger partial charge < -0.3 is 20.3 Å². The summed E-state index contributed by atoms with van der Waals surface area (Å²) in [4.78, 5) is 26.0. The van der Waals surface area contributed by atoms with E-state index in [0.717, 1.165) is 103 Å². The molecule has 1 amide bonds. The molecule has 0 radical (unpaired) electrons. The molecule has 59 heavy (non-hydrogen) atoms. The number of nitrogens with one attached hydrogen (secondary N) is 1. The molecule has 0 saturated carbocycles. The summed E-state index contributed by atoms with van der Waals surface area (Å²) in [7, 11) is 0. The second-order valence-corrected chi connectivity index (χ2v) is 16.1. The molecule has 0 aromatic carbocycles. The third-order valence-corrected chi connectivity index (χ3v) is 10.5. The van der Waals surface area contributed by atoms with Crippen molar-refractivity contribution in [1.29, 1.82) is 0 Å². The maximum atomic E-state index is 13.2. The first kappa shape index (κ1) is 56.0. The molecule has 0 heterocycles. The molecule has 338 valence electrons. The van der Waals surface area contributed by atoms with Crippen molar-refractivity contribution in [3.05, 3.63) is 85.1 Å². The molecule has 0 rings (SSSR count). The lowest BCUT2D eigenvalue weighted by Gasteiger charge is -2.24. The fraction of sp³-hybridized carbons (Fsp3) is 0.698. The van der Waals surface area contributed by atoms with Gasteiger partial charge in [0.05, 0.1) is 25.2 Å². The van der Waals surface area contributed by atoms with Crippen LogP contribution in [-0.4, -0.2) is 46.9 Å². The molecule has 3 unspecified atom stereocenters. The summed E-state index contributed by atoms with van der Waals surface area (Å²) in [6, 6.07) is -0.724. The van der Waals surface area contributed by atoms with Gasteiger partial charge in [0.2, 0.25) is 5.91 Å². The normalized spacial score (nSPS) is 14.1. The minimum absolute atomic E-state index is 0.0342. The molecule has 0 bridgehead atoms. The van der Waals surface area contributed by atoms with E-state index in [0.29, 0.717) is 19.3 Å². The molecule has 0 spiro atoms. The van der Waals surface area contributed by atoms with Gasteiger partial charge >= 0.3 is 5.97 Å². The summed E-state index contributed by atoms with van der Waals surface area (Å²) >= 11 is 0. The zero-order valence-electron chi connectivity index (χ0n) is 38.4. The van der Waals surface area contributed by atoms with Crippen molar-refractivity contribution in [3.63, 3.8) is 0 Å². The van der Waals surface area contributed by atoms with E-state index in [1.165, 1.54) is 57.8 Å². The molecule has 0 aliphatic carbocycles. The van der Waals surface area contributed by atoms with Crippen LogP contribution < -0.4 is 5.32 Å². The number of unbranched alkanes of at least 4 members (excludes halogenated alkanes) is 16. The molecule has 0 aliphatic rings. The van der Waals surface area contributed by atoms with Gasteiger partial charge in [-0.2, -0.15) is 0 Å². The number of hydrogen-bond acceptors (Lipinski definition) is 5. The molecule has 6 nitrogen and oxygen atoms in total. The van der Waals surface area contributed by atoms with Crippen LogP contribution in [0.2, 0.25) is 0 Å². The highest BCUT2D eigenvalue weighted by Gasteiger charge is 2.24. The highest BCUT2D eigenvalue weighted by Crippen LogP contribution is 2.17. The Bertz CT molecular complexity index is 1150. The van der Waals surface area contributed by atoms with Crippen molar-refractivity contribution in [2.75, 3.05) is 6.61 Å². The van der Waals surface area contributed by atoms with Gasteiger partial charge in [-0.15, -0.1) is 0 Å². The number of amides is 1. The van der Waals surface area contributed by atoms with Crippen LogP contribution in [0, 0.1) is 0 Å². The SMILES string of the molecule is CC/C=C/C/C=C/C/C=C/C/C=C/C/C=C/CCC(=O)OC(CCCCCCC/C=C/C/C=C/CC)CC(=O)NC(CO)C(O)CCCCCCCCCCCCCC. The number of carbonyl (C=O) groups is 2. The van der Waals surface area contributed by atoms with E-state index in [9.17, 15) is 19.8 Å². The lowest BCUT2D eigenvalue weighted by Crippen LogP contribution is -2.46. The lowest BCUT2D eigenvalue weighted by molar-refractivity contribution is -0.150. The molecule has 3 atom stereocenters. The number of aliphatic hydroxyl groups is 2. The zero-order chi connectivity index (χ0) is 43.1. The average molecular weight is 822 g/mol. The van der Waals surface area contributed by atoms with Gasteiger partial charge in [0.1, 0.15) is 6.10 Å². The average Bonchev–Trinajstić information content (AvgIpc) is 3.23. The van der Waals surface area contributed by atoms with Crippen molar-refractivity contribution in [3.8, 4) is 0 Å². The van der Waals surface area contributed by atoms with Gasteiger partial charge in [-0.1, -0.05) is 202 Å². The van der Waals surface area contributed by atoms with Crippen molar-refractivity contribution in [2.45, 2.75) is 232 Å². The Morgan fingerprint density at radius 3 is 1.39 bits per heavy atom. The third-order valence-electron chi connectivity index (χ3n) is 10.5. The standard InChI is InChI=1S/C53H91NO5/c1-4-7-10-13-16-19-22-25-26-27-28-31-34-37-40-43-46-53(58)59-49(44-41-38-35-32-29-23-20-17-14-11-8-5-2)47-52(57)54-50(48-55)51(56)45-42-39-36-33-30-24-21-18-15-12-9-6-3/h7-8,10-11,16-17,19-20,25-26,28,31,37,40,49-51,55-56H,4-6,9,12-15,18,21-24,27,29-30,32-36,38-39,41-48H2,1-3H3,(H,54,57)/b10-7+,11-8+,19-16+,20-17+,26-25+,31-28+,40-37+. The van der Waals surface area contributed by atoms with Crippen LogP contribution >= 0.6 is 0 Å². The van der Waals surface area contributed by atoms with E-state index in [4.69, 9.17) is 4.74 Å². The molecule has 0 aromatic rings. The summed E-state index contributed by atoms with van der Waals surface area (Å²) in [5.74, 6) is -0.594. The third kappa shape index (κ3) is 41.6. The van der Waals surface area contributed by atoms with E-state index in [2.05, 4.69) is 105 Å². The van der Waals surface area contributed by atoms with E-state index in [1.807, 2.05) is 6.08 Å². The number of allylic oxidation sites excluding steroid dienone is 14. The smallest absolute Gasteiger partial charge is 0.306 e. The topological polar surface area (TPSA) is 95.9 Å². The van der Waals surface area contributed by atoms with E-state index >= 15 is 0 Å². The monoisotopic (exact) mass is 822 g/mol. The van der Waals surface area contributed by atoms with Crippen molar-refractivity contribution < 1.29 is 24.5 Å². The Kier molecular flexibility index (Phi) is 43.8. The minimum Gasteiger partial charge on any atom is -0.462 e. The molecule has 0 fully saturated rings. The summed E-state index contributed by atoms with van der Waals surface area (Å²) in [5, 5.41) is 23.7. The van der Waals surface area contributed by atoms with Crippen molar-refractivity contribution in [2.24, 2.45) is 0 Å². The summed E-state index contributed by atoms with van der Waals surface area (Å²) in [5.41, 5.74) is 0. The Morgan fingerprint density at radius 1 is 0.508 bits per heavy atom. The van der Waals surface area contributed by atoms with Crippen LogP contribution in [-0.2, 0) is 14.3 Å². The molecular weight excluding hydrogens is 731 g/mol. The number of carbonyl (C=O) groups excluding carboxylic acids is 2. The number of hydrogen-bond donors (Lipinski definition) is 3. The molecule has 3 N–H and O–H groups in total. The number of aliphatic hydroxyl groups excluding tert-OH is 2. The first-order valence-electron chi connectivity index (χ1n) is 24.3. The van der Waals surface area contributed by atoms with Crippen molar-refractivity contribution in [1.82, 2.24) is 5.32 Å². The second-order valence-electron chi connectivity index (χ2n) is 16.1. The Morgan fingerprint density at radius 2 is 0.915 bits per heavy atom. The molecule has 0 saturated heterocycles. The maximum Gasteiger partial charge on any atom is 0.306 e. The largest absolute Gasteiger partial charge is 0.462 e. The molecule has 0 aliphatic heterocycles. The van der Waals surface area contributed by atoms with Crippen molar-refractivity contribution >= 4 is 11.9 Å². The van der Waals surface area contributed by atoms with Crippen LogP contribution in [0.5, 0.6) is 0 Å². The fourth-order valence-electron chi connectivity index (χ4n) is 6.87.